The smallest absolute Gasteiger partial charge is 0.167 e. The largest absolute Gasteiger partial charge is 0.489 e. The van der Waals surface area contributed by atoms with Crippen molar-refractivity contribution in [3.63, 3.8) is 0 Å². The topological polar surface area (TPSA) is 47.0 Å². The minimum absolute atomic E-state index is 0.0264. The summed E-state index contributed by atoms with van der Waals surface area (Å²) in [5, 5.41) is 2.99. The Balaban J connectivity index is 1.81. The molecule has 2 rings (SSSR count). The van der Waals surface area contributed by atoms with E-state index in [1.165, 1.54) is 6.07 Å². The summed E-state index contributed by atoms with van der Waals surface area (Å²) in [6.07, 6.45) is 3.24. The highest BCUT2D eigenvalue weighted by Gasteiger charge is 2.04. The van der Waals surface area contributed by atoms with E-state index in [2.05, 4.69) is 15.3 Å². The molecule has 4 nitrogen and oxygen atoms in total. The van der Waals surface area contributed by atoms with Crippen LogP contribution in [0, 0.1) is 18.6 Å². The first kappa shape index (κ1) is 13.2. The summed E-state index contributed by atoms with van der Waals surface area (Å²) in [7, 11) is 0. The van der Waals surface area contributed by atoms with E-state index in [4.69, 9.17) is 4.74 Å². The summed E-state index contributed by atoms with van der Waals surface area (Å²) in [5.74, 6) is -0.685. The molecule has 0 aliphatic rings. The number of anilines is 1. The molecule has 0 radical (unpaired) electrons. The lowest BCUT2D eigenvalue weighted by atomic mass is 10.3. The molecule has 6 heteroatoms. The van der Waals surface area contributed by atoms with E-state index in [9.17, 15) is 8.78 Å². The predicted molar refractivity (Wildman–Crippen MR) is 67.1 cm³/mol. The van der Waals surface area contributed by atoms with Crippen molar-refractivity contribution in [1.29, 1.82) is 0 Å². The molecule has 0 aliphatic carbocycles. The van der Waals surface area contributed by atoms with E-state index < -0.39 is 11.6 Å². The number of ether oxygens (including phenoxy) is 1. The molecule has 1 N–H and O–H groups in total. The van der Waals surface area contributed by atoms with Crippen LogP contribution in [0.5, 0.6) is 5.75 Å². The fourth-order valence-electron chi connectivity index (χ4n) is 1.48. The summed E-state index contributed by atoms with van der Waals surface area (Å²) in [6.45, 7) is 2.51. The van der Waals surface area contributed by atoms with Crippen LogP contribution in [-0.2, 0) is 0 Å². The molecule has 0 saturated carbocycles. The Bertz CT molecular complexity index is 563. The Kier molecular flexibility index (Phi) is 4.22. The first-order valence-electron chi connectivity index (χ1n) is 5.75. The number of nitrogens with one attached hydrogen (secondary N) is 1. The molecule has 0 aliphatic heterocycles. The maximum absolute atomic E-state index is 13.2. The van der Waals surface area contributed by atoms with Gasteiger partial charge in [-0.2, -0.15) is 0 Å². The van der Waals surface area contributed by atoms with Crippen LogP contribution in [0.3, 0.4) is 0 Å². The van der Waals surface area contributed by atoms with Crippen molar-refractivity contribution in [1.82, 2.24) is 9.97 Å². The Hall–Kier alpha value is -2.24. The lowest BCUT2D eigenvalue weighted by molar-refractivity contribution is 0.314. The number of nitrogens with zero attached hydrogens (tertiary/aromatic N) is 2. The number of aromatic nitrogens is 2. The van der Waals surface area contributed by atoms with Crippen molar-refractivity contribution in [2.75, 3.05) is 18.5 Å². The third-order valence-corrected chi connectivity index (χ3v) is 2.31. The van der Waals surface area contributed by atoms with E-state index in [1.54, 1.807) is 12.4 Å². The van der Waals surface area contributed by atoms with Crippen molar-refractivity contribution in [3.8, 4) is 5.75 Å². The molecule has 0 bridgehead atoms. The van der Waals surface area contributed by atoms with Crippen LogP contribution in [0.1, 0.15) is 5.69 Å². The normalized spacial score (nSPS) is 10.3. The summed E-state index contributed by atoms with van der Waals surface area (Å²) < 4.78 is 31.1. The first-order chi connectivity index (χ1) is 9.15. The third kappa shape index (κ3) is 3.87. The number of hydrogen-bond acceptors (Lipinski definition) is 4. The van der Waals surface area contributed by atoms with Gasteiger partial charge in [-0.25, -0.2) is 13.8 Å². The Morgan fingerprint density at radius 2 is 2.11 bits per heavy atom. The lowest BCUT2D eigenvalue weighted by Gasteiger charge is -2.08. The van der Waals surface area contributed by atoms with Gasteiger partial charge in [0, 0.05) is 12.3 Å². The van der Waals surface area contributed by atoms with Gasteiger partial charge in [-0.15, -0.1) is 0 Å². The van der Waals surface area contributed by atoms with Crippen molar-refractivity contribution < 1.29 is 13.5 Å². The van der Waals surface area contributed by atoms with E-state index >= 15 is 0 Å². The number of hydrogen-bond donors (Lipinski definition) is 1. The van der Waals surface area contributed by atoms with Gasteiger partial charge in [0.25, 0.3) is 0 Å². The molecule has 1 aromatic heterocycles. The molecule has 0 atom stereocenters. The molecule has 0 spiro atoms. The molecule has 0 amide bonds. The Labute approximate surface area is 109 Å². The van der Waals surface area contributed by atoms with Gasteiger partial charge in [-0.1, -0.05) is 0 Å². The highest BCUT2D eigenvalue weighted by atomic mass is 19.1. The van der Waals surface area contributed by atoms with Crippen molar-refractivity contribution in [3.05, 3.63) is 47.9 Å². The zero-order valence-corrected chi connectivity index (χ0v) is 10.4. The second-order valence-corrected chi connectivity index (χ2v) is 3.90. The number of aryl methyl sites for hydroxylation is 1. The van der Waals surface area contributed by atoms with Gasteiger partial charge in [-0.05, 0) is 19.1 Å². The minimum atomic E-state index is -0.713. The molecular formula is C13H13F2N3O. The average molecular weight is 265 g/mol. The van der Waals surface area contributed by atoms with Crippen LogP contribution in [-0.4, -0.2) is 23.1 Å². The molecule has 0 unspecified atom stereocenters. The summed E-state index contributed by atoms with van der Waals surface area (Å²) in [4.78, 5) is 8.17. The summed E-state index contributed by atoms with van der Waals surface area (Å²) in [5.41, 5.74) is 0.801. The van der Waals surface area contributed by atoms with Gasteiger partial charge >= 0.3 is 0 Å². The third-order valence-electron chi connectivity index (χ3n) is 2.31. The predicted octanol–water partition coefficient (Wildman–Crippen LogP) is 2.55. The number of halogens is 2. The van der Waals surface area contributed by atoms with Crippen LogP contribution in [0.15, 0.2) is 30.6 Å². The maximum atomic E-state index is 13.2. The van der Waals surface area contributed by atoms with Crippen LogP contribution in [0.4, 0.5) is 14.6 Å². The van der Waals surface area contributed by atoms with E-state index in [0.29, 0.717) is 12.4 Å². The number of rotatable bonds is 5. The van der Waals surface area contributed by atoms with E-state index in [-0.39, 0.29) is 12.4 Å². The monoisotopic (exact) mass is 265 g/mol. The highest BCUT2D eigenvalue weighted by Crippen LogP contribution is 2.17. The first-order valence-corrected chi connectivity index (χ1v) is 5.75. The van der Waals surface area contributed by atoms with Crippen molar-refractivity contribution >= 4 is 5.82 Å². The summed E-state index contributed by atoms with van der Waals surface area (Å²) in [6, 6.07) is 3.20. The van der Waals surface area contributed by atoms with Gasteiger partial charge < -0.3 is 10.1 Å². The molecule has 0 fully saturated rings. The van der Waals surface area contributed by atoms with Crippen LogP contribution in [0.25, 0.3) is 0 Å². The van der Waals surface area contributed by atoms with E-state index in [1.807, 2.05) is 6.92 Å². The van der Waals surface area contributed by atoms with Crippen LogP contribution in [0.2, 0.25) is 0 Å². The fraction of sp³-hybridized carbons (Fsp3) is 0.231. The summed E-state index contributed by atoms with van der Waals surface area (Å²) >= 11 is 0. The number of benzene rings is 1. The van der Waals surface area contributed by atoms with Gasteiger partial charge in [-0.3, -0.25) is 4.98 Å². The average Bonchev–Trinajstić information content (AvgIpc) is 2.37. The Morgan fingerprint density at radius 3 is 2.84 bits per heavy atom. The quantitative estimate of drug-likeness (QED) is 0.844. The second kappa shape index (κ2) is 6.08. The highest BCUT2D eigenvalue weighted by molar-refractivity contribution is 5.31. The van der Waals surface area contributed by atoms with Gasteiger partial charge in [0.15, 0.2) is 11.6 Å². The SMILES string of the molecule is Cc1cncc(NCCOc2ccc(F)cc2F)n1. The van der Waals surface area contributed by atoms with Crippen LogP contribution >= 0.6 is 0 Å². The molecule has 1 heterocycles. The zero-order chi connectivity index (χ0) is 13.7. The van der Waals surface area contributed by atoms with Crippen molar-refractivity contribution in [2.24, 2.45) is 0 Å². The van der Waals surface area contributed by atoms with Gasteiger partial charge in [0.2, 0.25) is 0 Å². The molecule has 1 aromatic carbocycles. The zero-order valence-electron chi connectivity index (χ0n) is 10.4. The molecular weight excluding hydrogens is 252 g/mol. The maximum Gasteiger partial charge on any atom is 0.167 e. The van der Waals surface area contributed by atoms with Gasteiger partial charge in [0.1, 0.15) is 18.2 Å². The molecule has 2 aromatic rings. The molecule has 100 valence electrons. The van der Waals surface area contributed by atoms with E-state index in [0.717, 1.165) is 17.8 Å². The van der Waals surface area contributed by atoms with Crippen molar-refractivity contribution in [2.45, 2.75) is 6.92 Å². The molecule has 0 saturated heterocycles. The molecule has 19 heavy (non-hydrogen) atoms. The van der Waals surface area contributed by atoms with Crippen LogP contribution < -0.4 is 10.1 Å². The Morgan fingerprint density at radius 1 is 1.26 bits per heavy atom. The fourth-order valence-corrected chi connectivity index (χ4v) is 1.48. The standard InChI is InChI=1S/C13H13F2N3O/c1-9-7-16-8-13(18-9)17-4-5-19-12-3-2-10(14)6-11(12)15/h2-3,6-8H,4-5H2,1H3,(H,17,18). The minimum Gasteiger partial charge on any atom is -0.489 e. The lowest BCUT2D eigenvalue weighted by Crippen LogP contribution is -2.13. The second-order valence-electron chi connectivity index (χ2n) is 3.90. The van der Waals surface area contributed by atoms with Gasteiger partial charge in [0.05, 0.1) is 18.4 Å².